The van der Waals surface area contributed by atoms with Gasteiger partial charge in [0.2, 0.25) is 11.8 Å². The second-order valence-electron chi connectivity index (χ2n) is 8.41. The van der Waals surface area contributed by atoms with Gasteiger partial charge in [-0.15, -0.1) is 0 Å². The molecule has 2 N–H and O–H groups in total. The van der Waals surface area contributed by atoms with Gasteiger partial charge in [0.1, 0.15) is 6.61 Å². The molecule has 0 aromatic rings. The van der Waals surface area contributed by atoms with Gasteiger partial charge < -0.3 is 29.5 Å². The summed E-state index contributed by atoms with van der Waals surface area (Å²) in [6, 6.07) is 0. The van der Waals surface area contributed by atoms with Crippen LogP contribution in [0.3, 0.4) is 0 Å². The number of hydrogen-bond donors (Lipinski definition) is 2. The lowest BCUT2D eigenvalue weighted by atomic mass is 10.2. The fourth-order valence-corrected chi connectivity index (χ4v) is 3.61. The largest absolute Gasteiger partial charge is 0.478 e. The first-order chi connectivity index (χ1) is 17.7. The summed E-state index contributed by atoms with van der Waals surface area (Å²) in [5.41, 5.74) is 0. The van der Waals surface area contributed by atoms with Crippen LogP contribution in [0.4, 0.5) is 0 Å². The smallest absolute Gasteiger partial charge is 0.331 e. The molecule has 0 aromatic carbocycles. The van der Waals surface area contributed by atoms with Gasteiger partial charge in [-0.25, -0.2) is 19.2 Å². The predicted molar refractivity (Wildman–Crippen MR) is 130 cm³/mol. The van der Waals surface area contributed by atoms with E-state index in [1.165, 1.54) is 0 Å². The number of carboxylic acid groups (broad SMARTS) is 2. The standard InChI is InChI=1S/C13H19NO5.C12H17NO5/c15-11-5-2-1-3-8-14(11)9-4-10-19-13(18)7-6-12(16)17;14-10-4-2-1-3-7-13(10)8-9-18-12(17)6-5-11(15)16/h6-7H,1-5,8-10H2,(H,16,17);5-6H,1-4,7-9H2,(H,15,16). The summed E-state index contributed by atoms with van der Waals surface area (Å²) in [5, 5.41) is 16.6. The third kappa shape index (κ3) is 15.8. The number of hydrogen-bond acceptors (Lipinski definition) is 8. The van der Waals surface area contributed by atoms with E-state index in [9.17, 15) is 28.8 Å². The minimum absolute atomic E-state index is 0.0876. The van der Waals surface area contributed by atoms with Crippen LogP contribution in [-0.2, 0) is 38.2 Å². The highest BCUT2D eigenvalue weighted by Crippen LogP contribution is 2.12. The van der Waals surface area contributed by atoms with Crippen LogP contribution in [0.15, 0.2) is 24.3 Å². The Kier molecular flexibility index (Phi) is 15.7. The van der Waals surface area contributed by atoms with Gasteiger partial charge in [0, 0.05) is 56.8 Å². The molecule has 2 aliphatic rings. The summed E-state index contributed by atoms with van der Waals surface area (Å²) in [5.74, 6) is -3.52. The van der Waals surface area contributed by atoms with Crippen molar-refractivity contribution < 1.29 is 48.5 Å². The lowest BCUT2D eigenvalue weighted by Gasteiger charge is -2.20. The second-order valence-corrected chi connectivity index (χ2v) is 8.41. The van der Waals surface area contributed by atoms with Gasteiger partial charge in [-0.1, -0.05) is 12.8 Å². The SMILES string of the molecule is O=C(O)C=CC(=O)OCCCN1CCCCCC1=O.O=C(O)C=CC(=O)OCCN1CCCCCC1=O. The van der Waals surface area contributed by atoms with Crippen molar-refractivity contribution in [3.05, 3.63) is 24.3 Å². The molecule has 2 amide bonds. The lowest BCUT2D eigenvalue weighted by Crippen LogP contribution is -2.33. The molecule has 0 bridgehead atoms. The molecule has 0 atom stereocenters. The van der Waals surface area contributed by atoms with E-state index in [1.807, 2.05) is 0 Å². The molecule has 0 saturated carbocycles. The van der Waals surface area contributed by atoms with Crippen LogP contribution in [0.1, 0.15) is 57.8 Å². The van der Waals surface area contributed by atoms with Crippen molar-refractivity contribution in [2.45, 2.75) is 57.8 Å². The number of nitrogens with zero attached hydrogens (tertiary/aromatic N) is 2. The number of rotatable bonds is 11. The molecule has 2 aliphatic heterocycles. The molecular weight excluding hydrogens is 488 g/mol. The number of carbonyl (C=O) groups is 6. The predicted octanol–water partition coefficient (Wildman–Crippen LogP) is 1.54. The highest BCUT2D eigenvalue weighted by molar-refractivity contribution is 5.91. The molecule has 206 valence electrons. The maximum Gasteiger partial charge on any atom is 0.331 e. The Labute approximate surface area is 215 Å². The van der Waals surface area contributed by atoms with Crippen molar-refractivity contribution in [2.75, 3.05) is 39.4 Å². The minimum Gasteiger partial charge on any atom is -0.478 e. The second kappa shape index (κ2) is 18.6. The molecule has 37 heavy (non-hydrogen) atoms. The molecule has 2 rings (SSSR count). The van der Waals surface area contributed by atoms with Crippen LogP contribution in [0.2, 0.25) is 0 Å². The number of esters is 2. The van der Waals surface area contributed by atoms with E-state index >= 15 is 0 Å². The van der Waals surface area contributed by atoms with E-state index in [1.54, 1.807) is 9.80 Å². The van der Waals surface area contributed by atoms with E-state index in [0.29, 0.717) is 38.9 Å². The van der Waals surface area contributed by atoms with Gasteiger partial charge in [-0.2, -0.15) is 0 Å². The van der Waals surface area contributed by atoms with Gasteiger partial charge in [-0.3, -0.25) is 9.59 Å². The molecule has 0 radical (unpaired) electrons. The average Bonchev–Trinajstić information content (AvgIpc) is 3.19. The number of likely N-dealkylation sites (tertiary alicyclic amines) is 2. The Hall–Kier alpha value is -3.70. The van der Waals surface area contributed by atoms with Crippen LogP contribution < -0.4 is 0 Å². The number of carboxylic acids is 2. The van der Waals surface area contributed by atoms with E-state index in [2.05, 4.69) is 0 Å². The first-order valence-electron chi connectivity index (χ1n) is 12.4. The van der Waals surface area contributed by atoms with Crippen LogP contribution in [-0.4, -0.2) is 95.1 Å². The Morgan fingerprint density at radius 1 is 0.649 bits per heavy atom. The van der Waals surface area contributed by atoms with Gasteiger partial charge in [0.05, 0.1) is 13.2 Å². The van der Waals surface area contributed by atoms with Crippen molar-refractivity contribution >= 4 is 35.7 Å². The molecule has 0 spiro atoms. The molecule has 0 aromatic heterocycles. The third-order valence-electron chi connectivity index (χ3n) is 5.49. The first kappa shape index (κ1) is 31.3. The minimum atomic E-state index is -1.20. The van der Waals surface area contributed by atoms with Gasteiger partial charge in [0.15, 0.2) is 0 Å². The van der Waals surface area contributed by atoms with Crippen LogP contribution in [0, 0.1) is 0 Å². The van der Waals surface area contributed by atoms with E-state index < -0.39 is 23.9 Å². The van der Waals surface area contributed by atoms with E-state index in [0.717, 1.165) is 69.4 Å². The number of aliphatic carboxylic acids is 2. The highest BCUT2D eigenvalue weighted by atomic mass is 16.5. The van der Waals surface area contributed by atoms with Crippen LogP contribution in [0.25, 0.3) is 0 Å². The Balaban J connectivity index is 0.000000371. The van der Waals surface area contributed by atoms with Crippen molar-refractivity contribution in [2.24, 2.45) is 0 Å². The summed E-state index contributed by atoms with van der Waals surface area (Å²) in [6.07, 6.45) is 10.9. The summed E-state index contributed by atoms with van der Waals surface area (Å²) >= 11 is 0. The van der Waals surface area contributed by atoms with Crippen molar-refractivity contribution in [3.63, 3.8) is 0 Å². The molecule has 0 aliphatic carbocycles. The highest BCUT2D eigenvalue weighted by Gasteiger charge is 2.17. The molecule has 2 fully saturated rings. The molecule has 2 saturated heterocycles. The zero-order valence-electron chi connectivity index (χ0n) is 21.0. The van der Waals surface area contributed by atoms with Gasteiger partial charge in [0.25, 0.3) is 0 Å². The van der Waals surface area contributed by atoms with Gasteiger partial charge >= 0.3 is 23.9 Å². The monoisotopic (exact) mass is 524 g/mol. The Bertz CT molecular complexity index is 852. The summed E-state index contributed by atoms with van der Waals surface area (Å²) < 4.78 is 9.62. The Morgan fingerprint density at radius 2 is 1.11 bits per heavy atom. The zero-order chi connectivity index (χ0) is 27.5. The zero-order valence-corrected chi connectivity index (χ0v) is 21.0. The fraction of sp³-hybridized carbons (Fsp3) is 0.600. The van der Waals surface area contributed by atoms with Crippen LogP contribution >= 0.6 is 0 Å². The average molecular weight is 525 g/mol. The fourth-order valence-electron chi connectivity index (χ4n) is 3.61. The van der Waals surface area contributed by atoms with E-state index in [4.69, 9.17) is 19.7 Å². The molecule has 0 unspecified atom stereocenters. The maximum absolute atomic E-state index is 11.7. The molecule has 12 heteroatoms. The van der Waals surface area contributed by atoms with Crippen molar-refractivity contribution in [3.8, 4) is 0 Å². The van der Waals surface area contributed by atoms with Gasteiger partial charge in [-0.05, 0) is 32.1 Å². The Morgan fingerprint density at radius 3 is 1.59 bits per heavy atom. The quantitative estimate of drug-likeness (QED) is 0.230. The third-order valence-corrected chi connectivity index (χ3v) is 5.49. The first-order valence-corrected chi connectivity index (χ1v) is 12.4. The van der Waals surface area contributed by atoms with Crippen molar-refractivity contribution in [1.82, 2.24) is 9.80 Å². The van der Waals surface area contributed by atoms with Crippen molar-refractivity contribution in [1.29, 1.82) is 0 Å². The lowest BCUT2D eigenvalue weighted by molar-refractivity contribution is -0.141. The summed E-state index contributed by atoms with van der Waals surface area (Å²) in [4.78, 5) is 69.2. The summed E-state index contributed by atoms with van der Waals surface area (Å²) in [6.45, 7) is 2.69. The number of ether oxygens (including phenoxy) is 2. The number of carbonyl (C=O) groups excluding carboxylic acids is 4. The molecule has 2 heterocycles. The van der Waals surface area contributed by atoms with E-state index in [-0.39, 0.29) is 25.0 Å². The topological polar surface area (TPSA) is 168 Å². The maximum atomic E-state index is 11.7. The van der Waals surface area contributed by atoms with Crippen LogP contribution in [0.5, 0.6) is 0 Å². The normalized spacial score (nSPS) is 16.5. The molecule has 12 nitrogen and oxygen atoms in total. The number of amides is 2. The summed E-state index contributed by atoms with van der Waals surface area (Å²) in [7, 11) is 0. The molecular formula is C25H36N2O10.